The van der Waals surface area contributed by atoms with Crippen LogP contribution in [0.4, 0.5) is 0 Å². The van der Waals surface area contributed by atoms with Gasteiger partial charge in [-0.2, -0.15) is 0 Å². The van der Waals surface area contributed by atoms with E-state index in [2.05, 4.69) is 10.2 Å². The summed E-state index contributed by atoms with van der Waals surface area (Å²) in [6.07, 6.45) is 0. The smallest absolute Gasteiger partial charge is 0.338 e. The third-order valence-electron chi connectivity index (χ3n) is 3.70. The summed E-state index contributed by atoms with van der Waals surface area (Å²) in [6, 6.07) is 12.9. The molecule has 0 radical (unpaired) electrons. The summed E-state index contributed by atoms with van der Waals surface area (Å²) in [5.41, 5.74) is 3.27. The second-order valence-corrected chi connectivity index (χ2v) is 5.63. The summed E-state index contributed by atoms with van der Waals surface area (Å²) in [5, 5.41) is 7.91. The van der Waals surface area contributed by atoms with E-state index in [0.29, 0.717) is 17.2 Å². The number of aryl methyl sites for hydroxylation is 2. The Bertz CT molecular complexity index is 902. The van der Waals surface area contributed by atoms with E-state index >= 15 is 0 Å². The molecule has 1 aromatic heterocycles. The van der Waals surface area contributed by atoms with Gasteiger partial charge in [0, 0.05) is 5.56 Å². The number of benzene rings is 2. The van der Waals surface area contributed by atoms with Gasteiger partial charge < -0.3 is 13.9 Å². The summed E-state index contributed by atoms with van der Waals surface area (Å²) < 4.78 is 16.0. The van der Waals surface area contributed by atoms with E-state index in [-0.39, 0.29) is 12.5 Å². The molecule has 0 saturated heterocycles. The van der Waals surface area contributed by atoms with Crippen LogP contribution < -0.4 is 4.74 Å². The maximum absolute atomic E-state index is 12.2. The van der Waals surface area contributed by atoms with Gasteiger partial charge in [-0.1, -0.05) is 23.8 Å². The van der Waals surface area contributed by atoms with Gasteiger partial charge in [0.15, 0.2) is 6.61 Å². The minimum Gasteiger partial charge on any atom is -0.496 e. The van der Waals surface area contributed by atoms with Crippen molar-refractivity contribution in [3.8, 4) is 17.2 Å². The van der Waals surface area contributed by atoms with Crippen LogP contribution in [0.5, 0.6) is 5.75 Å². The van der Waals surface area contributed by atoms with Crippen molar-refractivity contribution >= 4 is 5.97 Å². The number of aromatic nitrogens is 2. The quantitative estimate of drug-likeness (QED) is 0.660. The van der Waals surface area contributed by atoms with Crippen LogP contribution >= 0.6 is 0 Å². The molecule has 128 valence electrons. The molecule has 0 atom stereocenters. The summed E-state index contributed by atoms with van der Waals surface area (Å²) in [7, 11) is 1.56. The van der Waals surface area contributed by atoms with Gasteiger partial charge >= 0.3 is 5.97 Å². The lowest BCUT2D eigenvalue weighted by atomic mass is 10.1. The Morgan fingerprint density at radius 1 is 1.12 bits per heavy atom. The molecule has 2 aromatic carbocycles. The predicted molar refractivity (Wildman–Crippen MR) is 91.3 cm³/mol. The Morgan fingerprint density at radius 2 is 1.96 bits per heavy atom. The molecular formula is C19H18N2O4. The largest absolute Gasteiger partial charge is 0.496 e. The van der Waals surface area contributed by atoms with E-state index in [4.69, 9.17) is 13.9 Å². The average molecular weight is 338 g/mol. The van der Waals surface area contributed by atoms with Crippen LogP contribution in [0.1, 0.15) is 27.4 Å². The second-order valence-electron chi connectivity index (χ2n) is 5.63. The summed E-state index contributed by atoms with van der Waals surface area (Å²) >= 11 is 0. The standard InChI is InChI=1S/C19H18N2O4/c1-12-5-4-6-14(9-12)18-21-20-17(25-18)11-24-19(22)15-8-7-13(2)16(10-15)23-3/h4-10H,11H2,1-3H3. The SMILES string of the molecule is COc1cc(C(=O)OCc2nnc(-c3cccc(C)c3)o2)ccc1C. The van der Waals surface area contributed by atoms with E-state index in [0.717, 1.165) is 16.7 Å². The monoisotopic (exact) mass is 338 g/mol. The highest BCUT2D eigenvalue weighted by Gasteiger charge is 2.13. The van der Waals surface area contributed by atoms with Gasteiger partial charge in [-0.15, -0.1) is 10.2 Å². The molecule has 6 nitrogen and oxygen atoms in total. The fourth-order valence-electron chi connectivity index (χ4n) is 2.36. The van der Waals surface area contributed by atoms with Crippen molar-refractivity contribution in [2.45, 2.75) is 20.5 Å². The molecule has 0 aliphatic heterocycles. The summed E-state index contributed by atoms with van der Waals surface area (Å²) in [6.45, 7) is 3.80. The van der Waals surface area contributed by atoms with E-state index in [9.17, 15) is 4.79 Å². The fourth-order valence-corrected chi connectivity index (χ4v) is 2.36. The maximum Gasteiger partial charge on any atom is 0.338 e. The first kappa shape index (κ1) is 16.7. The van der Waals surface area contributed by atoms with Crippen molar-refractivity contribution < 1.29 is 18.7 Å². The first-order chi connectivity index (χ1) is 12.1. The number of methoxy groups -OCH3 is 1. The minimum atomic E-state index is -0.478. The number of ether oxygens (including phenoxy) is 2. The van der Waals surface area contributed by atoms with Crippen molar-refractivity contribution in [3.05, 3.63) is 65.0 Å². The van der Waals surface area contributed by atoms with E-state index in [1.807, 2.05) is 38.1 Å². The highest BCUT2D eigenvalue weighted by atomic mass is 16.5. The molecule has 0 N–H and O–H groups in total. The lowest BCUT2D eigenvalue weighted by Gasteiger charge is -2.07. The number of hydrogen-bond acceptors (Lipinski definition) is 6. The number of hydrogen-bond donors (Lipinski definition) is 0. The number of esters is 1. The lowest BCUT2D eigenvalue weighted by Crippen LogP contribution is -2.06. The van der Waals surface area contributed by atoms with Crippen molar-refractivity contribution in [1.82, 2.24) is 10.2 Å². The zero-order chi connectivity index (χ0) is 17.8. The van der Waals surface area contributed by atoms with Crippen LogP contribution in [-0.2, 0) is 11.3 Å². The Kier molecular flexibility index (Phi) is 4.79. The van der Waals surface area contributed by atoms with Crippen LogP contribution in [0.15, 0.2) is 46.9 Å². The van der Waals surface area contributed by atoms with Gasteiger partial charge in [0.05, 0.1) is 12.7 Å². The van der Waals surface area contributed by atoms with Gasteiger partial charge in [0.25, 0.3) is 5.89 Å². The molecule has 0 unspecified atom stereocenters. The molecule has 0 amide bonds. The molecule has 0 saturated carbocycles. The van der Waals surface area contributed by atoms with Crippen molar-refractivity contribution in [2.24, 2.45) is 0 Å². The normalized spacial score (nSPS) is 10.5. The lowest BCUT2D eigenvalue weighted by molar-refractivity contribution is 0.0438. The maximum atomic E-state index is 12.2. The molecule has 3 rings (SSSR count). The Hall–Kier alpha value is -3.15. The second kappa shape index (κ2) is 7.17. The van der Waals surface area contributed by atoms with Crippen molar-refractivity contribution in [3.63, 3.8) is 0 Å². The minimum absolute atomic E-state index is 0.0894. The number of rotatable bonds is 5. The molecule has 1 heterocycles. The van der Waals surface area contributed by atoms with Crippen LogP contribution in [0.2, 0.25) is 0 Å². The van der Waals surface area contributed by atoms with Crippen LogP contribution in [0.25, 0.3) is 11.5 Å². The molecule has 0 aliphatic rings. The van der Waals surface area contributed by atoms with Crippen molar-refractivity contribution in [1.29, 1.82) is 0 Å². The van der Waals surface area contributed by atoms with Gasteiger partial charge in [0.1, 0.15) is 5.75 Å². The Morgan fingerprint density at radius 3 is 2.72 bits per heavy atom. The van der Waals surface area contributed by atoms with Gasteiger partial charge in [-0.3, -0.25) is 0 Å². The number of carbonyl (C=O) groups excluding carboxylic acids is 1. The van der Waals surface area contributed by atoms with Gasteiger partial charge in [-0.05, 0) is 43.7 Å². The molecular weight excluding hydrogens is 320 g/mol. The Labute approximate surface area is 145 Å². The van der Waals surface area contributed by atoms with E-state index in [1.54, 1.807) is 25.3 Å². The fraction of sp³-hybridized carbons (Fsp3) is 0.211. The van der Waals surface area contributed by atoms with Crippen molar-refractivity contribution in [2.75, 3.05) is 7.11 Å². The number of carbonyl (C=O) groups is 1. The zero-order valence-electron chi connectivity index (χ0n) is 14.3. The molecule has 25 heavy (non-hydrogen) atoms. The molecule has 3 aromatic rings. The van der Waals surface area contributed by atoms with Crippen LogP contribution in [0, 0.1) is 13.8 Å². The first-order valence-electron chi connectivity index (χ1n) is 7.78. The van der Waals surface area contributed by atoms with Gasteiger partial charge in [-0.25, -0.2) is 4.79 Å². The molecule has 0 aliphatic carbocycles. The van der Waals surface area contributed by atoms with E-state index in [1.165, 1.54) is 0 Å². The molecule has 0 fully saturated rings. The average Bonchev–Trinajstić information content (AvgIpc) is 3.09. The van der Waals surface area contributed by atoms with E-state index < -0.39 is 5.97 Å². The predicted octanol–water partition coefficient (Wildman–Crippen LogP) is 3.72. The van der Waals surface area contributed by atoms with Gasteiger partial charge in [0.2, 0.25) is 5.89 Å². The summed E-state index contributed by atoms with van der Waals surface area (Å²) in [4.78, 5) is 12.2. The highest BCUT2D eigenvalue weighted by Crippen LogP contribution is 2.21. The third kappa shape index (κ3) is 3.85. The zero-order valence-corrected chi connectivity index (χ0v) is 14.3. The molecule has 6 heteroatoms. The molecule has 0 spiro atoms. The number of nitrogens with zero attached hydrogens (tertiary/aromatic N) is 2. The third-order valence-corrected chi connectivity index (χ3v) is 3.70. The molecule has 0 bridgehead atoms. The topological polar surface area (TPSA) is 74.5 Å². The highest BCUT2D eigenvalue weighted by molar-refractivity contribution is 5.90. The Balaban J connectivity index is 1.67. The first-order valence-corrected chi connectivity index (χ1v) is 7.78. The van der Waals surface area contributed by atoms with Crippen LogP contribution in [-0.4, -0.2) is 23.3 Å². The van der Waals surface area contributed by atoms with Crippen LogP contribution in [0.3, 0.4) is 0 Å². The summed E-state index contributed by atoms with van der Waals surface area (Å²) in [5.74, 6) is 0.790.